The van der Waals surface area contributed by atoms with Crippen molar-refractivity contribution in [3.8, 4) is 11.8 Å². The van der Waals surface area contributed by atoms with Crippen LogP contribution in [-0.4, -0.2) is 43.0 Å². The molecule has 1 atom stereocenters. The zero-order valence-electron chi connectivity index (χ0n) is 22.9. The molecule has 0 saturated carbocycles. The summed E-state index contributed by atoms with van der Waals surface area (Å²) in [6, 6.07) is 13.0. The lowest BCUT2D eigenvalue weighted by Gasteiger charge is -2.21. The van der Waals surface area contributed by atoms with Crippen LogP contribution in [0.2, 0.25) is 0 Å². The van der Waals surface area contributed by atoms with E-state index in [9.17, 15) is 14.3 Å². The Kier molecular flexibility index (Phi) is 6.97. The predicted octanol–water partition coefficient (Wildman–Crippen LogP) is 6.39. The number of aromatic nitrogens is 2. The molecule has 0 radical (unpaired) electrons. The van der Waals surface area contributed by atoms with Crippen LogP contribution in [0.4, 0.5) is 4.79 Å². The number of hydrogen-bond acceptors (Lipinski definition) is 5. The number of carbonyl (C=O) groups excluding carboxylic acids is 1. The van der Waals surface area contributed by atoms with E-state index >= 15 is 0 Å². The average molecular weight is 533 g/mol. The van der Waals surface area contributed by atoms with Gasteiger partial charge in [0.05, 0.1) is 40.3 Å². The number of fused-ring (bicyclic) bond motifs is 2. The van der Waals surface area contributed by atoms with E-state index in [1.165, 1.54) is 4.57 Å². The number of nitrogens with zero attached hydrogens (tertiary/aromatic N) is 3. The summed E-state index contributed by atoms with van der Waals surface area (Å²) >= 11 is 0. The molecule has 2 aromatic carbocycles. The third-order valence-electron chi connectivity index (χ3n) is 5.87. The number of H-pyrrole nitrogens is 1. The van der Waals surface area contributed by atoms with Gasteiger partial charge in [0.25, 0.3) is 0 Å². The molecule has 198 valence electrons. The van der Waals surface area contributed by atoms with Crippen LogP contribution >= 0.6 is 0 Å². The van der Waals surface area contributed by atoms with Crippen LogP contribution in [0.15, 0.2) is 47.0 Å². The second-order valence-electron chi connectivity index (χ2n) is 11.1. The Morgan fingerprint density at radius 3 is 2.42 bits per heavy atom. The summed E-state index contributed by atoms with van der Waals surface area (Å²) in [5.41, 5.74) is 3.76. The average Bonchev–Trinajstić information content (AvgIpc) is 3.45. The molecule has 0 aliphatic rings. The fourth-order valence-corrected chi connectivity index (χ4v) is 4.78. The Hall–Kier alpha value is -3.90. The minimum absolute atomic E-state index is 0.428. The van der Waals surface area contributed by atoms with Crippen molar-refractivity contribution in [2.24, 2.45) is 4.40 Å². The van der Waals surface area contributed by atoms with Crippen molar-refractivity contribution in [2.45, 2.75) is 58.8 Å². The Morgan fingerprint density at radius 2 is 1.82 bits per heavy atom. The maximum absolute atomic E-state index is 13.4. The number of methoxy groups -OCH3 is 1. The van der Waals surface area contributed by atoms with Crippen molar-refractivity contribution in [2.75, 3.05) is 7.11 Å². The summed E-state index contributed by atoms with van der Waals surface area (Å²) in [7, 11) is -0.0411. The van der Waals surface area contributed by atoms with E-state index in [0.717, 1.165) is 16.5 Å². The minimum Gasteiger partial charge on any atom is -0.496 e. The van der Waals surface area contributed by atoms with Crippen LogP contribution < -0.4 is 4.74 Å². The predicted molar refractivity (Wildman–Crippen MR) is 151 cm³/mol. The lowest BCUT2D eigenvalue weighted by atomic mass is 9.99. The number of ether oxygens (including phenoxy) is 2. The van der Waals surface area contributed by atoms with Gasteiger partial charge in [-0.2, -0.15) is 9.66 Å². The van der Waals surface area contributed by atoms with Gasteiger partial charge in [0.2, 0.25) is 0 Å². The molecule has 1 N–H and O–H groups in total. The number of carbonyl (C=O) groups is 1. The van der Waals surface area contributed by atoms with E-state index in [4.69, 9.17) is 13.9 Å². The molecule has 0 spiro atoms. The van der Waals surface area contributed by atoms with Crippen molar-refractivity contribution in [1.82, 2.24) is 9.55 Å². The second kappa shape index (κ2) is 9.76. The number of rotatable bonds is 4. The van der Waals surface area contributed by atoms with Gasteiger partial charge in [-0.25, -0.2) is 9.00 Å². The van der Waals surface area contributed by atoms with E-state index in [2.05, 4.69) is 11.1 Å². The van der Waals surface area contributed by atoms with Gasteiger partial charge in [0, 0.05) is 22.5 Å². The van der Waals surface area contributed by atoms with Crippen molar-refractivity contribution in [1.29, 1.82) is 5.26 Å². The molecular weight excluding hydrogens is 500 g/mol. The van der Waals surface area contributed by atoms with E-state index in [0.29, 0.717) is 39.2 Å². The first-order valence-electron chi connectivity index (χ1n) is 12.2. The second-order valence-corrected chi connectivity index (χ2v) is 13.0. The molecule has 0 amide bonds. The fraction of sp³-hybridized carbons (Fsp3) is 0.345. The molecule has 8 nitrogen and oxygen atoms in total. The molecular formula is C29H32N4O4S. The van der Waals surface area contributed by atoms with Crippen molar-refractivity contribution in [3.05, 3.63) is 65.0 Å². The highest BCUT2D eigenvalue weighted by atomic mass is 32.2. The molecule has 2 aromatic heterocycles. The summed E-state index contributed by atoms with van der Waals surface area (Å²) in [5.74, 6) is 0.526. The summed E-state index contributed by atoms with van der Waals surface area (Å²) < 4.78 is 30.4. The molecule has 0 bridgehead atoms. The standard InChI is InChI=1S/C29H32N4O4S/c1-17-13-23(36-8)24(20-11-12-33(26(17)20)27(34)37-28(2,3)4)25(32-38(35)29(5,6)7)22-15-19-14-18(16-30)9-10-21(19)31-22/h9-15,31H,1-8H3. The quantitative estimate of drug-likeness (QED) is 0.306. The minimum atomic E-state index is -1.61. The lowest BCUT2D eigenvalue weighted by molar-refractivity contribution is 0.0544. The first kappa shape index (κ1) is 27.1. The van der Waals surface area contributed by atoms with Crippen LogP contribution in [0, 0.1) is 18.3 Å². The molecule has 2 heterocycles. The third kappa shape index (κ3) is 5.22. The number of aromatic amines is 1. The Bertz CT molecular complexity index is 1660. The monoisotopic (exact) mass is 532 g/mol. The van der Waals surface area contributed by atoms with E-state index in [-0.39, 0.29) is 0 Å². The van der Waals surface area contributed by atoms with Gasteiger partial charge in [0.1, 0.15) is 28.0 Å². The molecule has 9 heteroatoms. The maximum Gasteiger partial charge on any atom is 0.419 e. The highest BCUT2D eigenvalue weighted by molar-refractivity contribution is 7.85. The van der Waals surface area contributed by atoms with Gasteiger partial charge in [-0.15, -0.1) is 0 Å². The summed E-state index contributed by atoms with van der Waals surface area (Å²) in [5, 5.41) is 10.9. The van der Waals surface area contributed by atoms with Gasteiger partial charge < -0.3 is 14.5 Å². The highest BCUT2D eigenvalue weighted by Gasteiger charge is 2.27. The summed E-state index contributed by atoms with van der Waals surface area (Å²) in [6.45, 7) is 12.9. The van der Waals surface area contributed by atoms with E-state index < -0.39 is 27.4 Å². The molecule has 4 rings (SSSR count). The van der Waals surface area contributed by atoms with Gasteiger partial charge in [0.15, 0.2) is 0 Å². The summed E-state index contributed by atoms with van der Waals surface area (Å²) in [4.78, 5) is 16.4. The van der Waals surface area contributed by atoms with Gasteiger partial charge in [-0.1, -0.05) is 0 Å². The van der Waals surface area contributed by atoms with Crippen molar-refractivity contribution < 1.29 is 18.5 Å². The molecule has 1 unspecified atom stereocenters. The first-order valence-corrected chi connectivity index (χ1v) is 13.3. The van der Waals surface area contributed by atoms with Gasteiger partial charge in [-0.05, 0) is 90.4 Å². The number of aryl methyl sites for hydroxylation is 1. The Labute approximate surface area is 224 Å². The number of benzene rings is 2. The Morgan fingerprint density at radius 1 is 1.11 bits per heavy atom. The zero-order valence-corrected chi connectivity index (χ0v) is 23.7. The van der Waals surface area contributed by atoms with Crippen LogP contribution in [0.1, 0.15) is 63.9 Å². The van der Waals surface area contributed by atoms with Crippen molar-refractivity contribution >= 4 is 44.6 Å². The number of nitrogens with one attached hydrogen (secondary N) is 1. The van der Waals surface area contributed by atoms with Gasteiger partial charge in [-0.3, -0.25) is 4.57 Å². The van der Waals surface area contributed by atoms with Crippen LogP contribution in [0.3, 0.4) is 0 Å². The number of nitriles is 1. The molecule has 4 aromatic rings. The van der Waals surface area contributed by atoms with E-state index in [1.54, 1.807) is 25.4 Å². The maximum atomic E-state index is 13.4. The van der Waals surface area contributed by atoms with E-state index in [1.807, 2.05) is 72.7 Å². The molecule has 38 heavy (non-hydrogen) atoms. The van der Waals surface area contributed by atoms with Crippen molar-refractivity contribution in [3.63, 3.8) is 0 Å². The third-order valence-corrected chi connectivity index (χ3v) is 7.27. The van der Waals surface area contributed by atoms with Crippen LogP contribution in [0.5, 0.6) is 5.75 Å². The zero-order chi connectivity index (χ0) is 28.0. The van der Waals surface area contributed by atoms with Crippen LogP contribution in [-0.2, 0) is 15.7 Å². The molecule has 0 aliphatic heterocycles. The van der Waals surface area contributed by atoms with Gasteiger partial charge >= 0.3 is 6.09 Å². The topological polar surface area (TPSA) is 109 Å². The number of hydrogen-bond donors (Lipinski definition) is 1. The summed E-state index contributed by atoms with van der Waals surface area (Å²) in [6.07, 6.45) is 1.16. The smallest absolute Gasteiger partial charge is 0.419 e. The normalized spacial score (nSPS) is 13.5. The first-order chi connectivity index (χ1) is 17.7. The molecule has 0 aliphatic carbocycles. The highest BCUT2D eigenvalue weighted by Crippen LogP contribution is 2.35. The molecule has 0 fully saturated rings. The lowest BCUT2D eigenvalue weighted by Crippen LogP contribution is -2.27. The molecule has 0 saturated heterocycles. The largest absolute Gasteiger partial charge is 0.496 e. The Balaban J connectivity index is 2.04. The fourth-order valence-electron chi connectivity index (χ4n) is 4.15. The SMILES string of the molecule is COc1cc(C)c2c(ccn2C(=O)OC(C)(C)C)c1C(=NS(=O)C(C)(C)C)c1cc2cc(C#N)ccc2[nH]1. The van der Waals surface area contributed by atoms with Crippen LogP contribution in [0.25, 0.3) is 21.8 Å².